The molecule has 2 heterocycles. The van der Waals surface area contributed by atoms with Crippen LogP contribution >= 0.6 is 0 Å². The lowest BCUT2D eigenvalue weighted by molar-refractivity contribution is -0.128. The van der Waals surface area contributed by atoms with E-state index >= 15 is 0 Å². The molecular formula is C24H25N3O3. The number of H-pyrrole nitrogens is 1. The maximum Gasteiger partial charge on any atom is 0.240 e. The van der Waals surface area contributed by atoms with Crippen LogP contribution in [0.15, 0.2) is 48.7 Å². The molecule has 1 saturated carbocycles. The topological polar surface area (TPSA) is 85.4 Å². The average molecular weight is 403 g/mol. The Balaban J connectivity index is 1.26. The third-order valence-corrected chi connectivity index (χ3v) is 6.57. The number of aryl methyl sites for hydroxylation is 1. The standard InChI is InChI=1S/C24H25N3O3/c1-15-6-7-20-18(10-15)16(12-26-20)8-9-25-22(29)13-27-21-5-3-2-4-17(21)19-11-24(19,14-28)23(27)30/h2-7,10,12,19,26,28H,8-9,11,13-14H2,1H3,(H,25,29)/t19-,24+/m0/s1. The molecule has 0 unspecified atom stereocenters. The van der Waals surface area contributed by atoms with Crippen LogP contribution in [0.5, 0.6) is 0 Å². The van der Waals surface area contributed by atoms with Crippen molar-refractivity contribution in [3.05, 3.63) is 65.4 Å². The highest BCUT2D eigenvalue weighted by molar-refractivity contribution is 6.07. The van der Waals surface area contributed by atoms with Crippen LogP contribution in [0.3, 0.4) is 0 Å². The van der Waals surface area contributed by atoms with Crippen LogP contribution in [0.2, 0.25) is 0 Å². The first-order valence-corrected chi connectivity index (χ1v) is 10.4. The first-order valence-electron chi connectivity index (χ1n) is 10.4. The number of anilines is 1. The summed E-state index contributed by atoms with van der Waals surface area (Å²) in [7, 11) is 0. The van der Waals surface area contributed by atoms with Gasteiger partial charge >= 0.3 is 0 Å². The Morgan fingerprint density at radius 3 is 2.97 bits per heavy atom. The quantitative estimate of drug-likeness (QED) is 0.592. The molecule has 1 aromatic heterocycles. The highest BCUT2D eigenvalue weighted by Crippen LogP contribution is 2.64. The Bertz CT molecular complexity index is 1150. The summed E-state index contributed by atoms with van der Waals surface area (Å²) < 4.78 is 0. The summed E-state index contributed by atoms with van der Waals surface area (Å²) in [4.78, 5) is 30.5. The molecule has 6 nitrogen and oxygen atoms in total. The van der Waals surface area contributed by atoms with Gasteiger partial charge < -0.3 is 20.3 Å². The molecule has 3 N–H and O–H groups in total. The molecule has 2 amide bonds. The van der Waals surface area contributed by atoms with E-state index in [0.29, 0.717) is 19.4 Å². The number of amides is 2. The maximum atomic E-state index is 13.0. The first-order chi connectivity index (χ1) is 14.5. The van der Waals surface area contributed by atoms with Crippen molar-refractivity contribution in [2.24, 2.45) is 5.41 Å². The molecule has 5 rings (SSSR count). The molecule has 1 aliphatic carbocycles. The van der Waals surface area contributed by atoms with Gasteiger partial charge in [-0.1, -0.05) is 29.8 Å². The molecule has 2 aromatic carbocycles. The maximum absolute atomic E-state index is 13.0. The number of nitrogens with zero attached hydrogens (tertiary/aromatic N) is 1. The minimum Gasteiger partial charge on any atom is -0.395 e. The molecule has 0 saturated heterocycles. The van der Waals surface area contributed by atoms with Gasteiger partial charge in [0, 0.05) is 35.2 Å². The van der Waals surface area contributed by atoms with Crippen molar-refractivity contribution in [3.8, 4) is 0 Å². The molecule has 1 fully saturated rings. The Hall–Kier alpha value is -3.12. The highest BCUT2D eigenvalue weighted by atomic mass is 16.3. The lowest BCUT2D eigenvalue weighted by atomic mass is 9.92. The van der Waals surface area contributed by atoms with Crippen LogP contribution < -0.4 is 10.2 Å². The smallest absolute Gasteiger partial charge is 0.240 e. The van der Waals surface area contributed by atoms with E-state index in [0.717, 1.165) is 22.3 Å². The van der Waals surface area contributed by atoms with E-state index in [4.69, 9.17) is 0 Å². The fraction of sp³-hybridized carbons (Fsp3) is 0.333. The van der Waals surface area contributed by atoms with Gasteiger partial charge in [-0.3, -0.25) is 9.59 Å². The molecule has 0 radical (unpaired) electrons. The van der Waals surface area contributed by atoms with Gasteiger partial charge in [-0.2, -0.15) is 0 Å². The van der Waals surface area contributed by atoms with E-state index in [1.807, 2.05) is 30.5 Å². The predicted octanol–water partition coefficient (Wildman–Crippen LogP) is 2.65. The van der Waals surface area contributed by atoms with Crippen molar-refractivity contribution >= 4 is 28.4 Å². The molecule has 2 atom stereocenters. The van der Waals surface area contributed by atoms with Gasteiger partial charge in [0.05, 0.1) is 12.0 Å². The zero-order chi connectivity index (χ0) is 20.9. The van der Waals surface area contributed by atoms with Gasteiger partial charge in [-0.15, -0.1) is 0 Å². The summed E-state index contributed by atoms with van der Waals surface area (Å²) in [6.07, 6.45) is 3.35. The van der Waals surface area contributed by atoms with E-state index in [1.54, 1.807) is 4.90 Å². The average Bonchev–Trinajstić information content (AvgIpc) is 3.40. The summed E-state index contributed by atoms with van der Waals surface area (Å²) in [6, 6.07) is 14.0. The Morgan fingerprint density at radius 1 is 1.30 bits per heavy atom. The van der Waals surface area contributed by atoms with E-state index in [1.165, 1.54) is 10.9 Å². The van der Waals surface area contributed by atoms with Crippen molar-refractivity contribution in [2.45, 2.75) is 25.7 Å². The van der Waals surface area contributed by atoms with Crippen LogP contribution in [-0.2, 0) is 16.0 Å². The monoisotopic (exact) mass is 403 g/mol. The SMILES string of the molecule is Cc1ccc2[nH]cc(CCNC(=O)CN3C(=O)[C@@]4(CO)C[C@H]4c4ccccc43)c2c1. The Morgan fingerprint density at radius 2 is 2.13 bits per heavy atom. The van der Waals surface area contributed by atoms with Gasteiger partial charge in [0.2, 0.25) is 11.8 Å². The summed E-state index contributed by atoms with van der Waals surface area (Å²) in [5, 5.41) is 14.0. The number of carbonyl (C=O) groups excluding carboxylic acids is 2. The lowest BCUT2D eigenvalue weighted by Gasteiger charge is -2.33. The minimum atomic E-state index is -0.740. The molecule has 0 bridgehead atoms. The van der Waals surface area contributed by atoms with Gasteiger partial charge in [0.1, 0.15) is 6.54 Å². The second-order valence-corrected chi connectivity index (χ2v) is 8.48. The van der Waals surface area contributed by atoms with Gasteiger partial charge in [-0.05, 0) is 49.1 Å². The molecule has 30 heavy (non-hydrogen) atoms. The Labute approximate surface area is 174 Å². The van der Waals surface area contributed by atoms with E-state index < -0.39 is 5.41 Å². The van der Waals surface area contributed by atoms with Crippen LogP contribution in [0.1, 0.15) is 29.0 Å². The number of para-hydroxylation sites is 1. The van der Waals surface area contributed by atoms with Gasteiger partial charge in [-0.25, -0.2) is 0 Å². The van der Waals surface area contributed by atoms with Gasteiger partial charge in [0.25, 0.3) is 0 Å². The fourth-order valence-corrected chi connectivity index (χ4v) is 4.79. The number of benzene rings is 2. The lowest BCUT2D eigenvalue weighted by Crippen LogP contribution is -2.48. The Kier molecular flexibility index (Phi) is 4.40. The number of nitrogens with one attached hydrogen (secondary N) is 2. The molecule has 3 aromatic rings. The van der Waals surface area contributed by atoms with Crippen molar-refractivity contribution in [1.82, 2.24) is 10.3 Å². The summed E-state index contributed by atoms with van der Waals surface area (Å²) in [5.74, 6) is -0.270. The number of hydrogen-bond acceptors (Lipinski definition) is 3. The summed E-state index contributed by atoms with van der Waals surface area (Å²) in [6.45, 7) is 2.35. The van der Waals surface area contributed by atoms with Crippen molar-refractivity contribution in [3.63, 3.8) is 0 Å². The highest BCUT2D eigenvalue weighted by Gasteiger charge is 2.65. The molecule has 6 heteroatoms. The van der Waals surface area contributed by atoms with Crippen molar-refractivity contribution in [2.75, 3.05) is 24.6 Å². The number of rotatable bonds is 6. The third-order valence-electron chi connectivity index (χ3n) is 6.57. The van der Waals surface area contributed by atoms with Gasteiger partial charge in [0.15, 0.2) is 0 Å². The van der Waals surface area contributed by atoms with E-state index in [-0.39, 0.29) is 30.9 Å². The molecule has 0 spiro atoms. The predicted molar refractivity (Wildman–Crippen MR) is 115 cm³/mol. The number of aromatic amines is 1. The number of hydrogen-bond donors (Lipinski definition) is 3. The molecule has 154 valence electrons. The van der Waals surface area contributed by atoms with Crippen molar-refractivity contribution < 1.29 is 14.7 Å². The zero-order valence-electron chi connectivity index (χ0n) is 16.9. The number of aromatic nitrogens is 1. The fourth-order valence-electron chi connectivity index (χ4n) is 4.79. The van der Waals surface area contributed by atoms with Crippen LogP contribution in [0.25, 0.3) is 10.9 Å². The second kappa shape index (κ2) is 6.99. The van der Waals surface area contributed by atoms with Crippen LogP contribution in [0, 0.1) is 12.3 Å². The summed E-state index contributed by atoms with van der Waals surface area (Å²) in [5.41, 5.74) is 4.55. The van der Waals surface area contributed by atoms with Crippen molar-refractivity contribution in [1.29, 1.82) is 0 Å². The molecular weight excluding hydrogens is 378 g/mol. The number of carbonyl (C=O) groups is 2. The first kappa shape index (κ1) is 18.9. The largest absolute Gasteiger partial charge is 0.395 e. The zero-order valence-corrected chi connectivity index (χ0v) is 16.9. The van der Waals surface area contributed by atoms with E-state index in [2.05, 4.69) is 35.4 Å². The number of aliphatic hydroxyl groups is 1. The molecule has 1 aliphatic heterocycles. The summed E-state index contributed by atoms with van der Waals surface area (Å²) >= 11 is 0. The number of aliphatic hydroxyl groups excluding tert-OH is 1. The van der Waals surface area contributed by atoms with Crippen LogP contribution in [0.4, 0.5) is 5.69 Å². The number of fused-ring (bicyclic) bond motifs is 4. The normalized spacial score (nSPS) is 22.0. The van der Waals surface area contributed by atoms with E-state index in [9.17, 15) is 14.7 Å². The second-order valence-electron chi connectivity index (χ2n) is 8.48. The molecule has 2 aliphatic rings. The van der Waals surface area contributed by atoms with Crippen LogP contribution in [-0.4, -0.2) is 41.6 Å². The minimum absolute atomic E-state index is 0.0304. The third kappa shape index (κ3) is 2.91.